The fraction of sp³-hybridized carbons (Fsp3) is 0.500. The molecule has 0 radical (unpaired) electrons. The standard InChI is InChI=1S/C14H17ClFN3/c1-11(9-17)19-6-4-18(5-7-19)10-12-2-3-13(15)14(16)8-12/h2-3,8,11H,4-7,10H2,1H3. The summed E-state index contributed by atoms with van der Waals surface area (Å²) in [5, 5.41) is 9.05. The van der Waals surface area contributed by atoms with Crippen molar-refractivity contribution in [1.29, 1.82) is 5.26 Å². The third-order valence-electron chi connectivity index (χ3n) is 3.53. The zero-order chi connectivity index (χ0) is 13.8. The molecule has 1 fully saturated rings. The summed E-state index contributed by atoms with van der Waals surface area (Å²) in [6, 6.07) is 7.17. The summed E-state index contributed by atoms with van der Waals surface area (Å²) in [6.45, 7) is 6.20. The molecule has 1 unspecified atom stereocenters. The monoisotopic (exact) mass is 281 g/mol. The molecular formula is C14H17ClFN3. The van der Waals surface area contributed by atoms with Crippen LogP contribution in [0.5, 0.6) is 0 Å². The maximum absolute atomic E-state index is 13.4. The van der Waals surface area contributed by atoms with Gasteiger partial charge in [0.1, 0.15) is 5.82 Å². The molecule has 0 amide bonds. The van der Waals surface area contributed by atoms with Crippen molar-refractivity contribution < 1.29 is 4.39 Å². The maximum Gasteiger partial charge on any atom is 0.142 e. The summed E-state index contributed by atoms with van der Waals surface area (Å²) in [5.74, 6) is -0.365. The molecule has 0 bridgehead atoms. The van der Waals surface area contributed by atoms with Crippen molar-refractivity contribution in [1.82, 2.24) is 9.80 Å². The van der Waals surface area contributed by atoms with Gasteiger partial charge < -0.3 is 0 Å². The molecular weight excluding hydrogens is 265 g/mol. The number of nitriles is 1. The van der Waals surface area contributed by atoms with E-state index in [-0.39, 0.29) is 16.9 Å². The van der Waals surface area contributed by atoms with Gasteiger partial charge in [-0.3, -0.25) is 9.80 Å². The Balaban J connectivity index is 1.89. The van der Waals surface area contributed by atoms with Gasteiger partial charge in [0.2, 0.25) is 0 Å². The van der Waals surface area contributed by atoms with E-state index in [0.29, 0.717) is 0 Å². The molecule has 0 saturated carbocycles. The minimum atomic E-state index is -0.365. The molecule has 0 N–H and O–H groups in total. The Kier molecular flexibility index (Phi) is 4.76. The molecule has 1 saturated heterocycles. The van der Waals surface area contributed by atoms with Crippen molar-refractivity contribution in [2.75, 3.05) is 26.2 Å². The van der Waals surface area contributed by atoms with E-state index in [4.69, 9.17) is 16.9 Å². The number of piperazine rings is 1. The first kappa shape index (κ1) is 14.3. The van der Waals surface area contributed by atoms with E-state index < -0.39 is 0 Å². The third-order valence-corrected chi connectivity index (χ3v) is 3.84. The van der Waals surface area contributed by atoms with Gasteiger partial charge in [-0.25, -0.2) is 4.39 Å². The van der Waals surface area contributed by atoms with Crippen molar-refractivity contribution in [3.63, 3.8) is 0 Å². The normalized spacial score (nSPS) is 19.1. The molecule has 0 aliphatic carbocycles. The van der Waals surface area contributed by atoms with Crippen LogP contribution in [-0.4, -0.2) is 42.0 Å². The molecule has 3 nitrogen and oxygen atoms in total. The molecule has 1 atom stereocenters. The first-order valence-corrected chi connectivity index (χ1v) is 6.78. The molecule has 0 aromatic heterocycles. The Hall–Kier alpha value is -1.15. The summed E-state index contributed by atoms with van der Waals surface area (Å²) in [4.78, 5) is 4.43. The summed E-state index contributed by atoms with van der Waals surface area (Å²) >= 11 is 5.67. The zero-order valence-corrected chi connectivity index (χ0v) is 11.7. The van der Waals surface area contributed by atoms with E-state index in [1.54, 1.807) is 6.07 Å². The number of halogens is 2. The molecule has 0 spiro atoms. The molecule has 2 rings (SSSR count). The van der Waals surface area contributed by atoms with Crippen LogP contribution in [0.2, 0.25) is 5.02 Å². The molecule has 1 aromatic carbocycles. The van der Waals surface area contributed by atoms with Crippen LogP contribution in [0.1, 0.15) is 12.5 Å². The SMILES string of the molecule is CC(C#N)N1CCN(Cc2ccc(Cl)c(F)c2)CC1. The lowest BCUT2D eigenvalue weighted by Gasteiger charge is -2.35. The Morgan fingerprint density at radius 3 is 2.63 bits per heavy atom. The number of rotatable bonds is 3. The lowest BCUT2D eigenvalue weighted by molar-refractivity contribution is 0.114. The van der Waals surface area contributed by atoms with E-state index >= 15 is 0 Å². The number of benzene rings is 1. The van der Waals surface area contributed by atoms with E-state index in [9.17, 15) is 4.39 Å². The van der Waals surface area contributed by atoms with E-state index in [1.165, 1.54) is 6.07 Å². The van der Waals surface area contributed by atoms with E-state index in [2.05, 4.69) is 15.9 Å². The van der Waals surface area contributed by atoms with Gasteiger partial charge in [-0.05, 0) is 24.6 Å². The van der Waals surface area contributed by atoms with Gasteiger partial charge in [-0.2, -0.15) is 5.26 Å². The van der Waals surface area contributed by atoms with Crippen molar-refractivity contribution in [2.24, 2.45) is 0 Å². The van der Waals surface area contributed by atoms with Gasteiger partial charge in [0.05, 0.1) is 17.1 Å². The van der Waals surface area contributed by atoms with Gasteiger partial charge in [-0.1, -0.05) is 17.7 Å². The summed E-state index contributed by atoms with van der Waals surface area (Å²) in [7, 11) is 0. The second-order valence-electron chi connectivity index (χ2n) is 4.87. The van der Waals surface area contributed by atoms with Gasteiger partial charge >= 0.3 is 0 Å². The molecule has 1 aliphatic rings. The average Bonchev–Trinajstić information content (AvgIpc) is 2.43. The Morgan fingerprint density at radius 1 is 1.37 bits per heavy atom. The molecule has 102 valence electrons. The topological polar surface area (TPSA) is 30.3 Å². The Labute approximate surface area is 118 Å². The molecule has 1 aromatic rings. The first-order valence-electron chi connectivity index (χ1n) is 6.40. The highest BCUT2D eigenvalue weighted by molar-refractivity contribution is 6.30. The highest BCUT2D eigenvalue weighted by atomic mass is 35.5. The largest absolute Gasteiger partial charge is 0.297 e. The molecule has 5 heteroatoms. The van der Waals surface area contributed by atoms with Crippen LogP contribution in [-0.2, 0) is 6.54 Å². The highest BCUT2D eigenvalue weighted by Gasteiger charge is 2.20. The second-order valence-corrected chi connectivity index (χ2v) is 5.27. The summed E-state index contributed by atoms with van der Waals surface area (Å²) in [5.41, 5.74) is 0.934. The second kappa shape index (κ2) is 6.33. The minimum absolute atomic E-state index is 0.0323. The lowest BCUT2D eigenvalue weighted by Crippen LogP contribution is -2.48. The van der Waals surface area contributed by atoms with Gasteiger partial charge in [0.15, 0.2) is 0 Å². The third kappa shape index (κ3) is 3.66. The highest BCUT2D eigenvalue weighted by Crippen LogP contribution is 2.17. The quantitative estimate of drug-likeness (QED) is 0.853. The molecule has 1 aliphatic heterocycles. The minimum Gasteiger partial charge on any atom is -0.297 e. The van der Waals surface area contributed by atoms with Gasteiger partial charge in [-0.15, -0.1) is 0 Å². The van der Waals surface area contributed by atoms with Crippen LogP contribution >= 0.6 is 11.6 Å². The predicted octanol–water partition coefficient (Wildman–Crippen LogP) is 2.51. The fourth-order valence-corrected chi connectivity index (χ4v) is 2.40. The van der Waals surface area contributed by atoms with Crippen LogP contribution in [0.25, 0.3) is 0 Å². The first-order chi connectivity index (χ1) is 9.10. The maximum atomic E-state index is 13.4. The van der Waals surface area contributed by atoms with Gasteiger partial charge in [0, 0.05) is 32.7 Å². The molecule has 19 heavy (non-hydrogen) atoms. The van der Waals surface area contributed by atoms with Crippen LogP contribution in [0, 0.1) is 17.1 Å². The van der Waals surface area contributed by atoms with Gasteiger partial charge in [0.25, 0.3) is 0 Å². The zero-order valence-electron chi connectivity index (χ0n) is 10.9. The van der Waals surface area contributed by atoms with Crippen molar-refractivity contribution in [3.05, 3.63) is 34.6 Å². The number of hydrogen-bond donors (Lipinski definition) is 0. The average molecular weight is 282 g/mol. The van der Waals surface area contributed by atoms with E-state index in [0.717, 1.165) is 38.3 Å². The van der Waals surface area contributed by atoms with Crippen molar-refractivity contribution in [2.45, 2.75) is 19.5 Å². The fourth-order valence-electron chi connectivity index (χ4n) is 2.29. The van der Waals surface area contributed by atoms with Crippen molar-refractivity contribution in [3.8, 4) is 6.07 Å². The predicted molar refractivity (Wildman–Crippen MR) is 73.3 cm³/mol. The lowest BCUT2D eigenvalue weighted by atomic mass is 10.2. The summed E-state index contributed by atoms with van der Waals surface area (Å²) < 4.78 is 13.4. The van der Waals surface area contributed by atoms with E-state index in [1.807, 2.05) is 13.0 Å². The number of hydrogen-bond acceptors (Lipinski definition) is 3. The smallest absolute Gasteiger partial charge is 0.142 e. The van der Waals surface area contributed by atoms with Crippen LogP contribution in [0.4, 0.5) is 4.39 Å². The van der Waals surface area contributed by atoms with Crippen LogP contribution in [0.15, 0.2) is 18.2 Å². The Bertz CT molecular complexity index is 478. The van der Waals surface area contributed by atoms with Crippen LogP contribution in [0.3, 0.4) is 0 Å². The van der Waals surface area contributed by atoms with Crippen molar-refractivity contribution >= 4 is 11.6 Å². The Morgan fingerprint density at radius 2 is 2.05 bits per heavy atom. The van der Waals surface area contributed by atoms with Crippen LogP contribution < -0.4 is 0 Å². The molecule has 1 heterocycles. The number of nitrogens with zero attached hydrogens (tertiary/aromatic N) is 3. The summed E-state index contributed by atoms with van der Waals surface area (Å²) in [6.07, 6.45) is 0.